The number of carbonyl (C=O) groups excluding carboxylic acids is 1. The summed E-state index contributed by atoms with van der Waals surface area (Å²) in [6, 6.07) is 11.2. The number of benzene rings is 2. The van der Waals surface area contributed by atoms with Crippen molar-refractivity contribution in [1.82, 2.24) is 5.43 Å². The van der Waals surface area contributed by atoms with Crippen LogP contribution in [0.1, 0.15) is 15.7 Å². The predicted molar refractivity (Wildman–Crippen MR) is 123 cm³/mol. The van der Waals surface area contributed by atoms with Crippen LogP contribution in [0.25, 0.3) is 0 Å². The maximum absolute atomic E-state index is 11.9. The van der Waals surface area contributed by atoms with E-state index in [-0.39, 0.29) is 18.3 Å². The number of hydrogen-bond acceptors (Lipinski definition) is 7. The van der Waals surface area contributed by atoms with E-state index in [1.807, 2.05) is 70.4 Å². The summed E-state index contributed by atoms with van der Waals surface area (Å²) in [5.74, 6) is 3.08. The third-order valence-corrected chi connectivity index (χ3v) is 7.74. The van der Waals surface area contributed by atoms with Gasteiger partial charge in [-0.3, -0.25) is 4.79 Å². The van der Waals surface area contributed by atoms with Gasteiger partial charge in [0.15, 0.2) is 18.1 Å². The molecule has 6 nitrogen and oxygen atoms in total. The molecule has 0 saturated carbocycles. The van der Waals surface area contributed by atoms with Crippen molar-refractivity contribution < 1.29 is 19.4 Å². The lowest BCUT2D eigenvalue weighted by Gasteiger charge is -2.10. The number of halogens is 1. The third kappa shape index (κ3) is 5.71. The average molecular weight is 530 g/mol. The van der Waals surface area contributed by atoms with Gasteiger partial charge in [-0.25, -0.2) is 5.43 Å². The Bertz CT molecular complexity index is 856. The Morgan fingerprint density at radius 1 is 1.32 bits per heavy atom. The number of rotatable bonds is 7. The summed E-state index contributed by atoms with van der Waals surface area (Å²) >= 11 is 5.90. The minimum absolute atomic E-state index is 0.0776. The number of amides is 1. The Morgan fingerprint density at radius 2 is 2.04 bits per heavy atom. The van der Waals surface area contributed by atoms with Crippen LogP contribution in [-0.4, -0.2) is 42.5 Å². The van der Waals surface area contributed by atoms with Gasteiger partial charge in [0.1, 0.15) is 5.75 Å². The van der Waals surface area contributed by atoms with Crippen LogP contribution in [0, 0.1) is 3.57 Å². The molecule has 0 bridgehead atoms. The Labute approximate surface area is 185 Å². The standard InChI is InChI=1S/C19H19IN2O4S2/c1-25-16-9-12(8-15(20)18(16)24)10-21-22-17(23)11-26-14-4-2-13(3-5-14)19-27-6-7-28-19/h2-5,8-10,19,24H,6-7,11H2,1H3,(H,22,23)/b21-10-. The van der Waals surface area contributed by atoms with E-state index in [0.717, 1.165) is 0 Å². The van der Waals surface area contributed by atoms with Crippen molar-refractivity contribution in [3.8, 4) is 17.2 Å². The second-order valence-electron chi connectivity index (χ2n) is 5.78. The van der Waals surface area contributed by atoms with E-state index in [1.54, 1.807) is 12.1 Å². The zero-order valence-corrected chi connectivity index (χ0v) is 18.8. The molecule has 3 rings (SSSR count). The molecule has 1 heterocycles. The fraction of sp³-hybridized carbons (Fsp3) is 0.263. The van der Waals surface area contributed by atoms with Crippen molar-refractivity contribution >= 4 is 58.2 Å². The summed E-state index contributed by atoms with van der Waals surface area (Å²) < 4.78 is 11.7. The van der Waals surface area contributed by atoms with Gasteiger partial charge in [-0.1, -0.05) is 12.1 Å². The van der Waals surface area contributed by atoms with Crippen molar-refractivity contribution in [2.45, 2.75) is 4.58 Å². The maximum atomic E-state index is 11.9. The lowest BCUT2D eigenvalue weighted by atomic mass is 10.2. The third-order valence-electron chi connectivity index (χ3n) is 3.82. The molecule has 148 valence electrons. The van der Waals surface area contributed by atoms with Gasteiger partial charge in [-0.05, 0) is 58.0 Å². The molecule has 0 unspecified atom stereocenters. The second kappa shape index (κ2) is 10.3. The van der Waals surface area contributed by atoms with Gasteiger partial charge in [0.2, 0.25) is 0 Å². The van der Waals surface area contributed by atoms with Crippen LogP contribution >= 0.6 is 46.1 Å². The molecular weight excluding hydrogens is 511 g/mol. The Hall–Kier alpha value is -1.59. The number of carbonyl (C=O) groups is 1. The number of hydrazone groups is 1. The topological polar surface area (TPSA) is 80.2 Å². The number of aromatic hydroxyl groups is 1. The summed E-state index contributed by atoms with van der Waals surface area (Å²) in [4.78, 5) is 11.9. The number of hydrogen-bond donors (Lipinski definition) is 2. The van der Waals surface area contributed by atoms with Gasteiger partial charge in [-0.15, -0.1) is 23.5 Å². The van der Waals surface area contributed by atoms with Gasteiger partial charge in [0.25, 0.3) is 5.91 Å². The predicted octanol–water partition coefficient (Wildman–Crippen LogP) is 4.01. The minimum atomic E-state index is -0.359. The van der Waals surface area contributed by atoms with E-state index < -0.39 is 0 Å². The van der Waals surface area contributed by atoms with Crippen LogP contribution < -0.4 is 14.9 Å². The number of nitrogens with zero attached hydrogens (tertiary/aromatic N) is 1. The second-order valence-corrected chi connectivity index (χ2v) is 9.66. The Balaban J connectivity index is 1.48. The van der Waals surface area contributed by atoms with Gasteiger partial charge in [-0.2, -0.15) is 5.10 Å². The molecule has 0 aliphatic carbocycles. The van der Waals surface area contributed by atoms with Crippen molar-refractivity contribution in [3.05, 3.63) is 51.1 Å². The molecule has 9 heteroatoms. The molecule has 1 saturated heterocycles. The van der Waals surface area contributed by atoms with Crippen molar-refractivity contribution in [1.29, 1.82) is 0 Å². The molecule has 28 heavy (non-hydrogen) atoms. The van der Waals surface area contributed by atoms with Crippen LogP contribution in [-0.2, 0) is 4.79 Å². The first-order valence-electron chi connectivity index (χ1n) is 8.41. The molecule has 0 spiro atoms. The van der Waals surface area contributed by atoms with Gasteiger partial charge in [0.05, 0.1) is 21.5 Å². The Morgan fingerprint density at radius 3 is 2.71 bits per heavy atom. The monoisotopic (exact) mass is 530 g/mol. The normalized spacial score (nSPS) is 14.4. The molecule has 1 aliphatic rings. The van der Waals surface area contributed by atoms with Gasteiger partial charge < -0.3 is 14.6 Å². The molecule has 1 aliphatic heterocycles. The number of phenols is 1. The number of nitrogens with one attached hydrogen (secondary N) is 1. The van der Waals surface area contributed by atoms with Crippen molar-refractivity contribution in [2.24, 2.45) is 5.10 Å². The largest absolute Gasteiger partial charge is 0.504 e. The first-order chi connectivity index (χ1) is 13.6. The average Bonchev–Trinajstić information content (AvgIpc) is 3.24. The molecule has 1 fully saturated rings. The van der Waals surface area contributed by atoms with Crippen LogP contribution in [0.3, 0.4) is 0 Å². The lowest BCUT2D eigenvalue weighted by molar-refractivity contribution is -0.123. The molecule has 2 N–H and O–H groups in total. The van der Waals surface area contributed by atoms with E-state index in [0.29, 0.717) is 25.2 Å². The fourth-order valence-electron chi connectivity index (χ4n) is 2.46. The zero-order chi connectivity index (χ0) is 19.9. The van der Waals surface area contributed by atoms with Gasteiger partial charge in [0, 0.05) is 11.5 Å². The van der Waals surface area contributed by atoms with E-state index in [4.69, 9.17) is 9.47 Å². The minimum Gasteiger partial charge on any atom is -0.504 e. The SMILES string of the molecule is COc1cc(/C=N\NC(=O)COc2ccc(C3SCCS3)cc2)cc(I)c1O. The zero-order valence-electron chi connectivity index (χ0n) is 15.1. The Kier molecular flexibility index (Phi) is 7.74. The van der Waals surface area contributed by atoms with Gasteiger partial charge >= 0.3 is 0 Å². The molecule has 1 amide bonds. The fourth-order valence-corrected chi connectivity index (χ4v) is 5.94. The summed E-state index contributed by atoms with van der Waals surface area (Å²) in [5, 5.41) is 13.7. The highest BCUT2D eigenvalue weighted by atomic mass is 127. The number of phenolic OH excluding ortho intramolecular Hbond substituents is 1. The highest BCUT2D eigenvalue weighted by Gasteiger charge is 2.18. The summed E-state index contributed by atoms with van der Waals surface area (Å²) in [7, 11) is 1.48. The number of ether oxygens (including phenoxy) is 2. The molecule has 0 radical (unpaired) electrons. The molecular formula is C19H19IN2O4S2. The quantitative estimate of drug-likeness (QED) is 0.320. The van der Waals surface area contributed by atoms with Crippen LogP contribution in [0.4, 0.5) is 0 Å². The van der Waals surface area contributed by atoms with Crippen LogP contribution in [0.15, 0.2) is 41.5 Å². The van der Waals surface area contributed by atoms with Crippen LogP contribution in [0.2, 0.25) is 0 Å². The van der Waals surface area contributed by atoms with E-state index in [2.05, 4.69) is 10.5 Å². The number of methoxy groups -OCH3 is 1. The smallest absolute Gasteiger partial charge is 0.277 e. The first kappa shape index (κ1) is 21.1. The van der Waals surface area contributed by atoms with E-state index in [1.165, 1.54) is 30.4 Å². The molecule has 0 aromatic heterocycles. The number of thioether (sulfide) groups is 2. The molecule has 0 atom stereocenters. The maximum Gasteiger partial charge on any atom is 0.277 e. The molecule has 2 aromatic rings. The lowest BCUT2D eigenvalue weighted by Crippen LogP contribution is -2.24. The summed E-state index contributed by atoms with van der Waals surface area (Å²) in [6.07, 6.45) is 1.48. The molecule has 2 aromatic carbocycles. The van der Waals surface area contributed by atoms with Crippen molar-refractivity contribution in [3.63, 3.8) is 0 Å². The van der Waals surface area contributed by atoms with E-state index in [9.17, 15) is 9.90 Å². The van der Waals surface area contributed by atoms with Crippen molar-refractivity contribution in [2.75, 3.05) is 25.2 Å². The summed E-state index contributed by atoms with van der Waals surface area (Å²) in [5.41, 5.74) is 4.39. The van der Waals surface area contributed by atoms with E-state index >= 15 is 0 Å². The highest BCUT2D eigenvalue weighted by molar-refractivity contribution is 14.1. The van der Waals surface area contributed by atoms with Crippen LogP contribution in [0.5, 0.6) is 17.2 Å². The highest BCUT2D eigenvalue weighted by Crippen LogP contribution is 2.45. The first-order valence-corrected chi connectivity index (χ1v) is 11.6. The summed E-state index contributed by atoms with van der Waals surface area (Å²) in [6.45, 7) is -0.125.